The zero-order valence-corrected chi connectivity index (χ0v) is 10.7. The third kappa shape index (κ3) is 2.33. The molecular formula is C14H16N2O3. The minimum Gasteiger partial charge on any atom is -0.477 e. The number of hydrogen-bond acceptors (Lipinski definition) is 4. The summed E-state index contributed by atoms with van der Waals surface area (Å²) in [6.45, 7) is 4.32. The SMILES string of the molecule is Cc1ccc(CN2CC3ON=C(C(=O)O)C3C2)cc1. The quantitative estimate of drug-likeness (QED) is 0.889. The Hall–Kier alpha value is -1.88. The van der Waals surface area contributed by atoms with Crippen molar-refractivity contribution in [1.82, 2.24) is 4.90 Å². The second-order valence-corrected chi connectivity index (χ2v) is 5.21. The number of fused-ring (bicyclic) bond motifs is 1. The lowest BCUT2D eigenvalue weighted by atomic mass is 10.0. The van der Waals surface area contributed by atoms with Gasteiger partial charge in [-0.3, -0.25) is 4.90 Å². The molecule has 2 atom stereocenters. The number of aryl methyl sites for hydroxylation is 1. The van der Waals surface area contributed by atoms with Crippen LogP contribution < -0.4 is 0 Å². The van der Waals surface area contributed by atoms with Gasteiger partial charge in [-0.05, 0) is 12.5 Å². The monoisotopic (exact) mass is 260 g/mol. The molecule has 0 bridgehead atoms. The van der Waals surface area contributed by atoms with Gasteiger partial charge in [0.05, 0.1) is 5.92 Å². The van der Waals surface area contributed by atoms with Crippen molar-refractivity contribution in [3.05, 3.63) is 35.4 Å². The topological polar surface area (TPSA) is 62.1 Å². The summed E-state index contributed by atoms with van der Waals surface area (Å²) < 4.78 is 0. The van der Waals surface area contributed by atoms with Crippen LogP contribution in [0.15, 0.2) is 29.4 Å². The molecule has 2 unspecified atom stereocenters. The average Bonchev–Trinajstić information content (AvgIpc) is 2.91. The van der Waals surface area contributed by atoms with E-state index in [9.17, 15) is 4.79 Å². The van der Waals surface area contributed by atoms with E-state index >= 15 is 0 Å². The molecule has 5 nitrogen and oxygen atoms in total. The molecule has 2 aliphatic rings. The van der Waals surface area contributed by atoms with Gasteiger partial charge >= 0.3 is 5.97 Å². The standard InChI is InChI=1S/C14H16N2O3/c1-9-2-4-10(5-3-9)6-16-7-11-12(8-16)19-15-13(11)14(17)18/h2-5,11-12H,6-8H2,1H3,(H,17,18). The number of nitrogens with zero attached hydrogens (tertiary/aromatic N) is 2. The van der Waals surface area contributed by atoms with E-state index in [1.54, 1.807) is 0 Å². The van der Waals surface area contributed by atoms with Gasteiger partial charge in [0.25, 0.3) is 0 Å². The molecule has 19 heavy (non-hydrogen) atoms. The Morgan fingerprint density at radius 2 is 2.16 bits per heavy atom. The van der Waals surface area contributed by atoms with E-state index in [-0.39, 0.29) is 17.7 Å². The van der Waals surface area contributed by atoms with Crippen LogP contribution in [0.2, 0.25) is 0 Å². The first-order chi connectivity index (χ1) is 9.13. The highest BCUT2D eigenvalue weighted by Crippen LogP contribution is 2.28. The summed E-state index contributed by atoms with van der Waals surface area (Å²) in [7, 11) is 0. The van der Waals surface area contributed by atoms with Crippen LogP contribution in [-0.4, -0.2) is 40.9 Å². The van der Waals surface area contributed by atoms with E-state index in [4.69, 9.17) is 9.94 Å². The maximum atomic E-state index is 11.0. The second kappa shape index (κ2) is 4.66. The van der Waals surface area contributed by atoms with Crippen molar-refractivity contribution < 1.29 is 14.7 Å². The fourth-order valence-corrected chi connectivity index (χ4v) is 2.69. The van der Waals surface area contributed by atoms with Crippen molar-refractivity contribution >= 4 is 11.7 Å². The van der Waals surface area contributed by atoms with Crippen LogP contribution in [0.25, 0.3) is 0 Å². The molecular weight excluding hydrogens is 244 g/mol. The summed E-state index contributed by atoms with van der Waals surface area (Å²) in [5.74, 6) is -1.06. The van der Waals surface area contributed by atoms with Crippen LogP contribution in [-0.2, 0) is 16.2 Å². The second-order valence-electron chi connectivity index (χ2n) is 5.21. The number of oxime groups is 1. The van der Waals surface area contributed by atoms with Crippen LogP contribution in [0.1, 0.15) is 11.1 Å². The van der Waals surface area contributed by atoms with Gasteiger partial charge in [-0.15, -0.1) is 0 Å². The first-order valence-electron chi connectivity index (χ1n) is 6.38. The molecule has 1 saturated heterocycles. The molecule has 0 saturated carbocycles. The fraction of sp³-hybridized carbons (Fsp3) is 0.429. The van der Waals surface area contributed by atoms with Gasteiger partial charge in [-0.1, -0.05) is 35.0 Å². The molecule has 1 fully saturated rings. The molecule has 0 amide bonds. The van der Waals surface area contributed by atoms with E-state index in [0.717, 1.165) is 13.1 Å². The number of aliphatic carboxylic acids is 1. The van der Waals surface area contributed by atoms with Crippen molar-refractivity contribution in [2.45, 2.75) is 19.6 Å². The number of rotatable bonds is 3. The van der Waals surface area contributed by atoms with Crippen molar-refractivity contribution in [2.24, 2.45) is 11.1 Å². The largest absolute Gasteiger partial charge is 0.477 e. The van der Waals surface area contributed by atoms with Gasteiger partial charge in [-0.2, -0.15) is 0 Å². The Kier molecular flexibility index (Phi) is 2.98. The highest BCUT2D eigenvalue weighted by Gasteiger charge is 2.44. The van der Waals surface area contributed by atoms with Gasteiger partial charge in [-0.25, -0.2) is 4.79 Å². The summed E-state index contributed by atoms with van der Waals surface area (Å²) in [4.78, 5) is 18.4. The molecule has 3 rings (SSSR count). The first kappa shape index (κ1) is 12.2. The molecule has 0 radical (unpaired) electrons. The van der Waals surface area contributed by atoms with Gasteiger partial charge < -0.3 is 9.94 Å². The Balaban J connectivity index is 1.65. The number of carbonyl (C=O) groups is 1. The number of likely N-dealkylation sites (tertiary alicyclic amines) is 1. The lowest BCUT2D eigenvalue weighted by Gasteiger charge is -2.15. The van der Waals surface area contributed by atoms with Crippen LogP contribution in [0.5, 0.6) is 0 Å². The number of carboxylic acids is 1. The Bertz CT molecular complexity index is 524. The van der Waals surface area contributed by atoms with E-state index in [0.29, 0.717) is 6.54 Å². The van der Waals surface area contributed by atoms with E-state index in [2.05, 4.69) is 41.2 Å². The average molecular weight is 260 g/mol. The molecule has 5 heteroatoms. The van der Waals surface area contributed by atoms with Gasteiger partial charge in [0, 0.05) is 19.6 Å². The zero-order valence-electron chi connectivity index (χ0n) is 10.7. The van der Waals surface area contributed by atoms with E-state index < -0.39 is 5.97 Å². The molecule has 2 heterocycles. The Morgan fingerprint density at radius 3 is 2.84 bits per heavy atom. The summed E-state index contributed by atoms with van der Waals surface area (Å²) in [6.07, 6.45) is -0.100. The van der Waals surface area contributed by atoms with Crippen molar-refractivity contribution in [3.63, 3.8) is 0 Å². The predicted octanol–water partition coefficient (Wildman–Crippen LogP) is 1.27. The molecule has 1 N–H and O–H groups in total. The van der Waals surface area contributed by atoms with Gasteiger partial charge in [0.2, 0.25) is 0 Å². The summed E-state index contributed by atoms with van der Waals surface area (Å²) in [6, 6.07) is 8.40. The smallest absolute Gasteiger partial charge is 0.354 e. The Labute approximate surface area is 111 Å². The van der Waals surface area contributed by atoms with E-state index in [1.807, 2.05) is 0 Å². The Morgan fingerprint density at radius 1 is 1.42 bits per heavy atom. The minimum absolute atomic E-state index is 0.0945. The third-order valence-corrected chi connectivity index (χ3v) is 3.73. The number of benzene rings is 1. The highest BCUT2D eigenvalue weighted by atomic mass is 16.6. The molecule has 2 aliphatic heterocycles. The van der Waals surface area contributed by atoms with Crippen LogP contribution in [0.4, 0.5) is 0 Å². The molecule has 1 aromatic carbocycles. The number of hydrogen-bond donors (Lipinski definition) is 1. The predicted molar refractivity (Wildman–Crippen MR) is 69.9 cm³/mol. The molecule has 0 spiro atoms. The molecule has 1 aromatic rings. The fourth-order valence-electron chi connectivity index (χ4n) is 2.69. The zero-order chi connectivity index (χ0) is 13.4. The van der Waals surface area contributed by atoms with Crippen molar-refractivity contribution in [2.75, 3.05) is 13.1 Å². The third-order valence-electron chi connectivity index (χ3n) is 3.73. The van der Waals surface area contributed by atoms with Gasteiger partial charge in [0.1, 0.15) is 6.10 Å². The summed E-state index contributed by atoms with van der Waals surface area (Å²) in [5, 5.41) is 12.7. The molecule has 100 valence electrons. The molecule has 0 aromatic heterocycles. The lowest BCUT2D eigenvalue weighted by molar-refractivity contribution is -0.129. The summed E-state index contributed by atoms with van der Waals surface area (Å²) >= 11 is 0. The minimum atomic E-state index is -0.968. The maximum Gasteiger partial charge on any atom is 0.354 e. The maximum absolute atomic E-state index is 11.0. The van der Waals surface area contributed by atoms with Gasteiger partial charge in [0.15, 0.2) is 5.71 Å². The normalized spacial score (nSPS) is 25.8. The van der Waals surface area contributed by atoms with Crippen LogP contribution >= 0.6 is 0 Å². The number of carboxylic acid groups (broad SMARTS) is 1. The summed E-state index contributed by atoms with van der Waals surface area (Å²) in [5.41, 5.74) is 2.64. The van der Waals surface area contributed by atoms with Crippen molar-refractivity contribution in [3.8, 4) is 0 Å². The van der Waals surface area contributed by atoms with Crippen LogP contribution in [0, 0.1) is 12.8 Å². The lowest BCUT2D eigenvalue weighted by Crippen LogP contribution is -2.27. The van der Waals surface area contributed by atoms with E-state index in [1.165, 1.54) is 11.1 Å². The highest BCUT2D eigenvalue weighted by molar-refractivity contribution is 6.36. The first-order valence-corrected chi connectivity index (χ1v) is 6.38. The van der Waals surface area contributed by atoms with Crippen LogP contribution in [0.3, 0.4) is 0 Å². The molecule has 0 aliphatic carbocycles. The van der Waals surface area contributed by atoms with Crippen molar-refractivity contribution in [1.29, 1.82) is 0 Å².